The Bertz CT molecular complexity index is 252. The second kappa shape index (κ2) is 4.60. The molecule has 1 aliphatic rings. The van der Waals surface area contributed by atoms with E-state index in [1.54, 1.807) is 0 Å². The smallest absolute Gasteiger partial charge is 0.123 e. The van der Waals surface area contributed by atoms with Crippen molar-refractivity contribution >= 4 is 0 Å². The minimum absolute atomic E-state index is 0.408. The van der Waals surface area contributed by atoms with Crippen LogP contribution in [0.15, 0.2) is 12.4 Å². The van der Waals surface area contributed by atoms with E-state index in [1.165, 1.54) is 19.3 Å². The predicted molar refractivity (Wildman–Crippen MR) is 57.0 cm³/mol. The Hall–Kier alpha value is -0.830. The summed E-state index contributed by atoms with van der Waals surface area (Å²) in [5, 5.41) is 3.58. The first kappa shape index (κ1) is 9.71. The zero-order chi connectivity index (χ0) is 9.80. The fourth-order valence-electron chi connectivity index (χ4n) is 1.91. The average Bonchev–Trinajstić information content (AvgIpc) is 2.62. The van der Waals surface area contributed by atoms with Crippen molar-refractivity contribution in [2.24, 2.45) is 5.92 Å². The third-order valence-electron chi connectivity index (χ3n) is 3.14. The lowest BCUT2D eigenvalue weighted by Gasteiger charge is -2.27. The molecule has 1 aromatic rings. The number of hydrogen-bond donors (Lipinski definition) is 2. The van der Waals surface area contributed by atoms with Gasteiger partial charge in [-0.25, -0.2) is 4.98 Å². The molecule has 3 heteroatoms. The van der Waals surface area contributed by atoms with Crippen LogP contribution in [0.4, 0.5) is 0 Å². The van der Waals surface area contributed by atoms with Crippen LogP contribution in [0.2, 0.25) is 0 Å². The molecule has 0 aliphatic heterocycles. The number of nitrogens with zero attached hydrogens (tertiary/aromatic N) is 1. The molecule has 0 amide bonds. The molecule has 0 spiro atoms. The number of nitrogens with one attached hydrogen (secondary N) is 2. The largest absolute Gasteiger partial charge is 0.347 e. The molecule has 1 unspecified atom stereocenters. The molecule has 1 aromatic heterocycles. The van der Waals surface area contributed by atoms with Gasteiger partial charge in [0.15, 0.2) is 0 Å². The van der Waals surface area contributed by atoms with Gasteiger partial charge in [-0.15, -0.1) is 0 Å². The number of imidazole rings is 1. The quantitative estimate of drug-likeness (QED) is 0.753. The van der Waals surface area contributed by atoms with E-state index in [-0.39, 0.29) is 0 Å². The number of aromatic amines is 1. The Balaban J connectivity index is 1.80. The van der Waals surface area contributed by atoms with Crippen LogP contribution in [-0.4, -0.2) is 16.5 Å². The van der Waals surface area contributed by atoms with Gasteiger partial charge in [0.05, 0.1) is 6.04 Å². The van der Waals surface area contributed by atoms with E-state index in [0.717, 1.165) is 24.7 Å². The van der Waals surface area contributed by atoms with Crippen molar-refractivity contribution in [1.29, 1.82) is 0 Å². The second-order valence-electron chi connectivity index (χ2n) is 4.14. The number of H-pyrrole nitrogens is 1. The lowest BCUT2D eigenvalue weighted by atomic mass is 9.85. The van der Waals surface area contributed by atoms with Crippen LogP contribution in [0.25, 0.3) is 0 Å². The minimum atomic E-state index is 0.408. The number of hydrogen-bond acceptors (Lipinski definition) is 2. The summed E-state index contributed by atoms with van der Waals surface area (Å²) >= 11 is 0. The maximum atomic E-state index is 4.29. The molecule has 1 fully saturated rings. The van der Waals surface area contributed by atoms with Crippen LogP contribution in [0.5, 0.6) is 0 Å². The standard InChI is InChI=1S/C11H19N3/c1-2-10(11-12-6-7-13-11)14-8-9-4-3-5-9/h6-7,9-10,14H,2-5,8H2,1H3,(H,12,13). The first-order valence-corrected chi connectivity index (χ1v) is 5.62. The van der Waals surface area contributed by atoms with Crippen molar-refractivity contribution in [3.63, 3.8) is 0 Å². The molecule has 1 heterocycles. The topological polar surface area (TPSA) is 40.7 Å². The van der Waals surface area contributed by atoms with Gasteiger partial charge in [-0.2, -0.15) is 0 Å². The molecule has 14 heavy (non-hydrogen) atoms. The molecule has 0 bridgehead atoms. The van der Waals surface area contributed by atoms with Crippen molar-refractivity contribution in [2.75, 3.05) is 6.54 Å². The molecule has 1 aliphatic carbocycles. The number of rotatable bonds is 5. The van der Waals surface area contributed by atoms with E-state index < -0.39 is 0 Å². The Kier molecular flexibility index (Phi) is 3.19. The first-order valence-electron chi connectivity index (χ1n) is 5.62. The van der Waals surface area contributed by atoms with Crippen LogP contribution in [-0.2, 0) is 0 Å². The summed E-state index contributed by atoms with van der Waals surface area (Å²) in [5.41, 5.74) is 0. The van der Waals surface area contributed by atoms with Gasteiger partial charge in [-0.3, -0.25) is 0 Å². The van der Waals surface area contributed by atoms with Gasteiger partial charge in [-0.1, -0.05) is 13.3 Å². The number of aromatic nitrogens is 2. The highest BCUT2D eigenvalue weighted by Crippen LogP contribution is 2.26. The predicted octanol–water partition coefficient (Wildman–Crippen LogP) is 2.25. The van der Waals surface area contributed by atoms with Crippen molar-refractivity contribution < 1.29 is 0 Å². The molecule has 78 valence electrons. The maximum Gasteiger partial charge on any atom is 0.123 e. The summed E-state index contributed by atoms with van der Waals surface area (Å²) in [6, 6.07) is 0.408. The molecule has 2 rings (SSSR count). The van der Waals surface area contributed by atoms with E-state index >= 15 is 0 Å². The molecule has 2 N–H and O–H groups in total. The lowest BCUT2D eigenvalue weighted by molar-refractivity contribution is 0.286. The zero-order valence-electron chi connectivity index (χ0n) is 8.79. The molecule has 0 radical (unpaired) electrons. The Labute approximate surface area is 85.3 Å². The van der Waals surface area contributed by atoms with Gasteiger partial charge >= 0.3 is 0 Å². The molecular weight excluding hydrogens is 174 g/mol. The monoisotopic (exact) mass is 193 g/mol. The van der Waals surface area contributed by atoms with Crippen LogP contribution >= 0.6 is 0 Å². The van der Waals surface area contributed by atoms with E-state index in [4.69, 9.17) is 0 Å². The highest BCUT2D eigenvalue weighted by molar-refractivity contribution is 4.95. The Morgan fingerprint density at radius 3 is 3.00 bits per heavy atom. The van der Waals surface area contributed by atoms with Crippen LogP contribution in [0.1, 0.15) is 44.5 Å². The molecule has 0 aromatic carbocycles. The minimum Gasteiger partial charge on any atom is -0.347 e. The molecule has 0 saturated heterocycles. The summed E-state index contributed by atoms with van der Waals surface area (Å²) in [4.78, 5) is 7.47. The first-order chi connectivity index (χ1) is 6.90. The van der Waals surface area contributed by atoms with Gasteiger partial charge in [0, 0.05) is 12.4 Å². The van der Waals surface area contributed by atoms with Gasteiger partial charge in [-0.05, 0) is 31.7 Å². The summed E-state index contributed by atoms with van der Waals surface area (Å²) < 4.78 is 0. The summed E-state index contributed by atoms with van der Waals surface area (Å²) in [6.07, 6.45) is 9.04. The van der Waals surface area contributed by atoms with Crippen molar-refractivity contribution in [2.45, 2.75) is 38.6 Å². The normalized spacial score (nSPS) is 19.2. The molecule has 3 nitrogen and oxygen atoms in total. The van der Waals surface area contributed by atoms with Gasteiger partial charge in [0.1, 0.15) is 5.82 Å². The average molecular weight is 193 g/mol. The fourth-order valence-corrected chi connectivity index (χ4v) is 1.91. The van der Waals surface area contributed by atoms with Crippen LogP contribution in [0, 0.1) is 5.92 Å². The molecule has 1 atom stereocenters. The van der Waals surface area contributed by atoms with Crippen molar-refractivity contribution in [3.05, 3.63) is 18.2 Å². The van der Waals surface area contributed by atoms with E-state index in [2.05, 4.69) is 22.2 Å². The highest BCUT2D eigenvalue weighted by atomic mass is 15.0. The van der Waals surface area contributed by atoms with Gasteiger partial charge in [0.2, 0.25) is 0 Å². The zero-order valence-corrected chi connectivity index (χ0v) is 8.79. The van der Waals surface area contributed by atoms with Gasteiger partial charge < -0.3 is 10.3 Å². The summed E-state index contributed by atoms with van der Waals surface area (Å²) in [7, 11) is 0. The van der Waals surface area contributed by atoms with E-state index in [9.17, 15) is 0 Å². The van der Waals surface area contributed by atoms with E-state index in [0.29, 0.717) is 6.04 Å². The van der Waals surface area contributed by atoms with Crippen molar-refractivity contribution in [1.82, 2.24) is 15.3 Å². The lowest BCUT2D eigenvalue weighted by Crippen LogP contribution is -2.30. The summed E-state index contributed by atoms with van der Waals surface area (Å²) in [6.45, 7) is 3.35. The second-order valence-corrected chi connectivity index (χ2v) is 4.14. The fraction of sp³-hybridized carbons (Fsp3) is 0.727. The van der Waals surface area contributed by atoms with E-state index in [1.807, 2.05) is 12.4 Å². The SMILES string of the molecule is CCC(NCC1CCC1)c1ncc[nH]1. The van der Waals surface area contributed by atoms with Crippen LogP contribution in [0.3, 0.4) is 0 Å². The molecule has 1 saturated carbocycles. The summed E-state index contributed by atoms with van der Waals surface area (Å²) in [5.74, 6) is 1.99. The molecular formula is C11H19N3. The third-order valence-corrected chi connectivity index (χ3v) is 3.14. The third kappa shape index (κ3) is 2.15. The Morgan fingerprint density at radius 2 is 2.50 bits per heavy atom. The van der Waals surface area contributed by atoms with Crippen LogP contribution < -0.4 is 5.32 Å². The van der Waals surface area contributed by atoms with Crippen molar-refractivity contribution in [3.8, 4) is 0 Å². The Morgan fingerprint density at radius 1 is 1.64 bits per heavy atom. The highest BCUT2D eigenvalue weighted by Gasteiger charge is 2.19. The van der Waals surface area contributed by atoms with Gasteiger partial charge in [0.25, 0.3) is 0 Å². The maximum absolute atomic E-state index is 4.29.